The zero-order chi connectivity index (χ0) is 47.7. The highest BCUT2D eigenvalue weighted by Crippen LogP contribution is 2.23. The molecule has 0 spiro atoms. The van der Waals surface area contributed by atoms with Crippen molar-refractivity contribution in [2.24, 2.45) is 10.2 Å². The minimum atomic E-state index is -0.565. The predicted octanol–water partition coefficient (Wildman–Crippen LogP) is 4.73. The number of ether oxygens (including phenoxy) is 7. The van der Waals surface area contributed by atoms with Crippen LogP contribution in [0.15, 0.2) is 80.5 Å². The van der Waals surface area contributed by atoms with Crippen LogP contribution < -0.4 is 42.0 Å². The molecule has 366 valence electrons. The van der Waals surface area contributed by atoms with Gasteiger partial charge in [0.05, 0.1) is 71.3 Å². The molecule has 67 heavy (non-hydrogen) atoms. The summed E-state index contributed by atoms with van der Waals surface area (Å²) in [6.45, 7) is 6.19. The van der Waals surface area contributed by atoms with E-state index < -0.39 is 12.1 Å². The number of nitrogens with zero attached hydrogens (tertiary/aromatic N) is 5. The molecule has 2 aromatic heterocycles. The second-order valence-electron chi connectivity index (χ2n) is 14.7. The average molecular weight is 936 g/mol. The highest BCUT2D eigenvalue weighted by molar-refractivity contribution is 5.87. The minimum absolute atomic E-state index is 0.0263. The van der Waals surface area contributed by atoms with E-state index >= 15 is 0 Å². The lowest BCUT2D eigenvalue weighted by molar-refractivity contribution is 0.0240. The summed E-state index contributed by atoms with van der Waals surface area (Å²) in [5.41, 5.74) is 2.37. The Morgan fingerprint density at radius 3 is 1.42 bits per heavy atom. The Hall–Kier alpha value is -6.30. The van der Waals surface area contributed by atoms with Crippen LogP contribution in [0.1, 0.15) is 37.1 Å². The standard InChI is InChI=1S/C45H65N11O11/c1-61-24-26-66-30-28-64-22-6-4-8-36-32-40(57)50-42(48-36)52-44(59)46-18-20-56(38-14-10-34(11-15-38)54-55-35-12-16-39(63-3)17-13-35)21-19-47-45(60)53-43-49-37(33-41(58)51-43)9-5-7-23-65-29-31-67-27-25-62-2/h10-17,32-33H,4-9,18-31H2,1-3H3,(H3,46,48,50,52,57,59)(H3,47,49,51,53,58,60). The Kier molecular flexibility index (Phi) is 25.8. The molecule has 4 amide bonds. The monoisotopic (exact) mass is 935 g/mol. The van der Waals surface area contributed by atoms with E-state index in [9.17, 15) is 19.2 Å². The van der Waals surface area contributed by atoms with Crippen LogP contribution in [0, 0.1) is 0 Å². The van der Waals surface area contributed by atoms with Crippen molar-refractivity contribution >= 4 is 41.0 Å². The summed E-state index contributed by atoms with van der Waals surface area (Å²) in [7, 11) is 4.83. The smallest absolute Gasteiger partial charge is 0.321 e. The van der Waals surface area contributed by atoms with Gasteiger partial charge in [-0.15, -0.1) is 0 Å². The highest BCUT2D eigenvalue weighted by atomic mass is 16.5. The number of carbonyl (C=O) groups is 2. The van der Waals surface area contributed by atoms with E-state index in [4.69, 9.17) is 33.2 Å². The predicted molar refractivity (Wildman–Crippen MR) is 252 cm³/mol. The normalized spacial score (nSPS) is 11.1. The summed E-state index contributed by atoms with van der Waals surface area (Å²) in [5.74, 6) is 0.766. The second-order valence-corrected chi connectivity index (χ2v) is 14.7. The number of aromatic amines is 2. The molecular weight excluding hydrogens is 871 g/mol. The van der Waals surface area contributed by atoms with Crippen LogP contribution in [0.3, 0.4) is 0 Å². The topological polar surface area (TPSA) is 266 Å². The van der Waals surface area contributed by atoms with Gasteiger partial charge in [0.15, 0.2) is 0 Å². The number of urea groups is 2. The van der Waals surface area contributed by atoms with Gasteiger partial charge >= 0.3 is 12.1 Å². The Labute approximate surface area is 389 Å². The van der Waals surface area contributed by atoms with E-state index in [1.807, 2.05) is 17.0 Å². The number of H-pyrrole nitrogens is 2. The van der Waals surface area contributed by atoms with Crippen LogP contribution in [-0.4, -0.2) is 146 Å². The first-order chi connectivity index (χ1) is 32.7. The number of methoxy groups -OCH3 is 3. The Morgan fingerprint density at radius 1 is 0.567 bits per heavy atom. The van der Waals surface area contributed by atoms with Crippen LogP contribution >= 0.6 is 0 Å². The molecular formula is C45H65N11O11. The summed E-state index contributed by atoms with van der Waals surface area (Å²) in [6.07, 6.45) is 4.06. The number of carbonyl (C=O) groups excluding carboxylic acids is 2. The molecule has 0 unspecified atom stereocenters. The van der Waals surface area contributed by atoms with E-state index in [1.54, 1.807) is 57.7 Å². The molecule has 0 aliphatic rings. The van der Waals surface area contributed by atoms with Crippen LogP contribution in [0.4, 0.5) is 38.5 Å². The van der Waals surface area contributed by atoms with Crippen molar-refractivity contribution in [3.63, 3.8) is 0 Å². The fourth-order valence-corrected chi connectivity index (χ4v) is 6.12. The van der Waals surface area contributed by atoms with Crippen LogP contribution in [-0.2, 0) is 41.3 Å². The van der Waals surface area contributed by atoms with E-state index in [-0.39, 0.29) is 36.1 Å². The number of unbranched alkanes of at least 4 members (excludes halogenated alkanes) is 2. The summed E-state index contributed by atoms with van der Waals surface area (Å²) < 4.78 is 37.0. The molecule has 0 atom stereocenters. The Morgan fingerprint density at radius 2 is 0.985 bits per heavy atom. The Balaban J connectivity index is 1.27. The maximum absolute atomic E-state index is 13.0. The SMILES string of the molecule is COCCOCCOCCCCc1cc(=O)[nH]c(NC(=O)NCCN(CCNC(=O)Nc2nc(CCCCOCCOCCOC)cc(=O)[nH]2)c2ccc(N=Nc3ccc(OC)cc3)cc2)n1. The van der Waals surface area contributed by atoms with E-state index in [1.165, 1.54) is 12.1 Å². The first-order valence-electron chi connectivity index (χ1n) is 22.2. The van der Waals surface area contributed by atoms with Crippen molar-refractivity contribution in [2.75, 3.05) is 129 Å². The quantitative estimate of drug-likeness (QED) is 0.0273. The molecule has 2 heterocycles. The van der Waals surface area contributed by atoms with Crippen LogP contribution in [0.2, 0.25) is 0 Å². The number of amides is 4. The van der Waals surface area contributed by atoms with Gasteiger partial charge in [-0.1, -0.05) is 0 Å². The zero-order valence-corrected chi connectivity index (χ0v) is 38.6. The molecule has 6 N–H and O–H groups in total. The summed E-state index contributed by atoms with van der Waals surface area (Å²) >= 11 is 0. The minimum Gasteiger partial charge on any atom is -0.497 e. The van der Waals surface area contributed by atoms with Crippen LogP contribution in [0.5, 0.6) is 5.75 Å². The number of hydrogen-bond donors (Lipinski definition) is 6. The number of azo groups is 1. The first-order valence-corrected chi connectivity index (χ1v) is 22.2. The molecule has 0 aliphatic heterocycles. The summed E-state index contributed by atoms with van der Waals surface area (Å²) in [5, 5.41) is 19.5. The van der Waals surface area contributed by atoms with Gasteiger partial charge in [0.2, 0.25) is 11.9 Å². The number of nitrogens with one attached hydrogen (secondary N) is 6. The van der Waals surface area contributed by atoms with E-state index in [0.29, 0.717) is 121 Å². The van der Waals surface area contributed by atoms with Gasteiger partial charge in [0.25, 0.3) is 11.1 Å². The summed E-state index contributed by atoms with van der Waals surface area (Å²) in [6, 6.07) is 16.2. The van der Waals surface area contributed by atoms with Gasteiger partial charge in [0.1, 0.15) is 5.75 Å². The van der Waals surface area contributed by atoms with Gasteiger partial charge in [-0.25, -0.2) is 19.6 Å². The lowest BCUT2D eigenvalue weighted by Gasteiger charge is -2.25. The van der Waals surface area contributed by atoms with Gasteiger partial charge in [-0.2, -0.15) is 10.2 Å². The third-order valence-electron chi connectivity index (χ3n) is 9.51. The fraction of sp³-hybridized carbons (Fsp3) is 0.511. The molecule has 0 bridgehead atoms. The van der Waals surface area contributed by atoms with E-state index in [0.717, 1.165) is 31.4 Å². The number of rotatable bonds is 34. The molecule has 2 aromatic carbocycles. The fourth-order valence-electron chi connectivity index (χ4n) is 6.12. The molecule has 22 heteroatoms. The third kappa shape index (κ3) is 23.1. The molecule has 0 fully saturated rings. The van der Waals surface area contributed by atoms with Crippen molar-refractivity contribution in [1.82, 2.24) is 30.6 Å². The van der Waals surface area contributed by atoms with Gasteiger partial charge in [-0.05, 0) is 87.1 Å². The van der Waals surface area contributed by atoms with Crippen molar-refractivity contribution in [1.29, 1.82) is 0 Å². The zero-order valence-electron chi connectivity index (χ0n) is 38.6. The molecule has 0 aliphatic carbocycles. The molecule has 4 rings (SSSR count). The molecule has 22 nitrogen and oxygen atoms in total. The third-order valence-corrected chi connectivity index (χ3v) is 9.51. The largest absolute Gasteiger partial charge is 0.497 e. The van der Waals surface area contributed by atoms with Crippen molar-refractivity contribution in [2.45, 2.75) is 38.5 Å². The number of hydrogen-bond acceptors (Lipinski definition) is 16. The average Bonchev–Trinajstić information content (AvgIpc) is 3.31. The summed E-state index contributed by atoms with van der Waals surface area (Å²) in [4.78, 5) is 66.6. The van der Waals surface area contributed by atoms with Gasteiger partial charge in [-0.3, -0.25) is 30.2 Å². The Bertz CT molecular complexity index is 2060. The lowest BCUT2D eigenvalue weighted by atomic mass is 10.2. The highest BCUT2D eigenvalue weighted by Gasteiger charge is 2.12. The van der Waals surface area contributed by atoms with Crippen molar-refractivity contribution < 1.29 is 42.7 Å². The molecule has 4 aromatic rings. The number of aryl methyl sites for hydroxylation is 2. The van der Waals surface area contributed by atoms with Crippen LogP contribution in [0.25, 0.3) is 0 Å². The molecule has 0 saturated heterocycles. The number of benzene rings is 2. The van der Waals surface area contributed by atoms with Crippen molar-refractivity contribution in [3.05, 3.63) is 92.8 Å². The van der Waals surface area contributed by atoms with Gasteiger partial charge in [0, 0.05) is 82.8 Å². The number of aromatic nitrogens is 4. The lowest BCUT2D eigenvalue weighted by Crippen LogP contribution is -2.41. The van der Waals surface area contributed by atoms with Crippen molar-refractivity contribution in [3.8, 4) is 5.75 Å². The number of anilines is 3. The second kappa shape index (κ2) is 32.4. The maximum atomic E-state index is 13.0. The van der Waals surface area contributed by atoms with E-state index in [2.05, 4.69) is 51.4 Å². The van der Waals surface area contributed by atoms with Gasteiger partial charge < -0.3 is 48.7 Å². The first kappa shape index (κ1) is 53.3. The molecule has 0 radical (unpaired) electrons. The maximum Gasteiger partial charge on any atom is 0.321 e. The molecule has 0 saturated carbocycles.